The van der Waals surface area contributed by atoms with Crippen LogP contribution in [-0.2, 0) is 9.47 Å². The Hall–Kier alpha value is -0.200. The summed E-state index contributed by atoms with van der Waals surface area (Å²) in [6.07, 6.45) is -0.466. The van der Waals surface area contributed by atoms with Crippen LogP contribution in [0.4, 0.5) is 0 Å². The number of ether oxygens (including phenoxy) is 2. The molecule has 1 saturated heterocycles. The molecule has 3 N–H and O–H groups in total. The SMILES string of the molecule is CC1CCC2C1C1C(CC[C@@]2(C)O[C@@H]2O[C@H](C)[C@H](O)[C@H](O)[C@H]2O)C1(C)C. The summed E-state index contributed by atoms with van der Waals surface area (Å²) in [6, 6.07) is 0. The fourth-order valence-electron chi connectivity index (χ4n) is 6.79. The predicted octanol–water partition coefficient (Wildman–Crippen LogP) is 2.32. The molecule has 0 bridgehead atoms. The molecule has 0 aromatic carbocycles. The van der Waals surface area contributed by atoms with Gasteiger partial charge in [0.1, 0.15) is 18.3 Å². The molecule has 0 radical (unpaired) electrons. The molecule has 3 aliphatic carbocycles. The molecule has 26 heavy (non-hydrogen) atoms. The minimum absolute atomic E-state index is 0.355. The van der Waals surface area contributed by atoms with Gasteiger partial charge < -0.3 is 24.8 Å². The van der Waals surface area contributed by atoms with Crippen molar-refractivity contribution in [2.24, 2.45) is 35.0 Å². The van der Waals surface area contributed by atoms with Crippen LogP contribution in [0, 0.1) is 35.0 Å². The van der Waals surface area contributed by atoms with Gasteiger partial charge in [0.05, 0.1) is 11.7 Å². The van der Waals surface area contributed by atoms with Crippen LogP contribution < -0.4 is 0 Å². The second kappa shape index (κ2) is 6.15. The van der Waals surface area contributed by atoms with Crippen molar-refractivity contribution in [2.75, 3.05) is 0 Å². The summed E-state index contributed by atoms with van der Waals surface area (Å²) in [5.41, 5.74) is 0.0881. The third kappa shape index (κ3) is 2.69. The summed E-state index contributed by atoms with van der Waals surface area (Å²) in [5, 5.41) is 30.5. The molecule has 0 aromatic heterocycles. The summed E-state index contributed by atoms with van der Waals surface area (Å²) in [7, 11) is 0. The highest BCUT2D eigenvalue weighted by molar-refractivity contribution is 5.15. The first-order chi connectivity index (χ1) is 12.1. The molecule has 0 spiro atoms. The van der Waals surface area contributed by atoms with E-state index in [2.05, 4.69) is 27.7 Å². The summed E-state index contributed by atoms with van der Waals surface area (Å²) in [4.78, 5) is 0. The van der Waals surface area contributed by atoms with Gasteiger partial charge in [-0.15, -0.1) is 0 Å². The monoisotopic (exact) mass is 368 g/mol. The summed E-state index contributed by atoms with van der Waals surface area (Å²) in [5.74, 6) is 3.38. The second-order valence-electron chi connectivity index (χ2n) is 10.3. The van der Waals surface area contributed by atoms with Crippen LogP contribution in [-0.4, -0.2) is 51.6 Å². The number of hydrogen-bond acceptors (Lipinski definition) is 5. The van der Waals surface area contributed by atoms with Crippen molar-refractivity contribution in [3.8, 4) is 0 Å². The fraction of sp³-hybridized carbons (Fsp3) is 1.00. The maximum atomic E-state index is 10.4. The Morgan fingerprint density at radius 3 is 2.27 bits per heavy atom. The van der Waals surface area contributed by atoms with Crippen molar-refractivity contribution in [3.05, 3.63) is 0 Å². The first kappa shape index (κ1) is 19.1. The van der Waals surface area contributed by atoms with Crippen LogP contribution in [0.15, 0.2) is 0 Å². The zero-order valence-corrected chi connectivity index (χ0v) is 16.8. The van der Waals surface area contributed by atoms with Crippen molar-refractivity contribution in [3.63, 3.8) is 0 Å². The van der Waals surface area contributed by atoms with E-state index >= 15 is 0 Å². The molecule has 5 heteroatoms. The molecule has 0 amide bonds. The Morgan fingerprint density at radius 1 is 0.885 bits per heavy atom. The van der Waals surface area contributed by atoms with E-state index in [4.69, 9.17) is 9.47 Å². The van der Waals surface area contributed by atoms with Crippen LogP contribution in [0.3, 0.4) is 0 Å². The van der Waals surface area contributed by atoms with E-state index in [-0.39, 0.29) is 5.60 Å². The Morgan fingerprint density at radius 2 is 1.58 bits per heavy atom. The molecule has 4 fully saturated rings. The van der Waals surface area contributed by atoms with Crippen molar-refractivity contribution in [1.82, 2.24) is 0 Å². The lowest BCUT2D eigenvalue weighted by Crippen LogP contribution is -2.59. The van der Waals surface area contributed by atoms with E-state index in [1.165, 1.54) is 6.42 Å². The number of hydrogen-bond donors (Lipinski definition) is 3. The second-order valence-corrected chi connectivity index (χ2v) is 10.3. The molecule has 4 aliphatic rings. The molecule has 5 nitrogen and oxygen atoms in total. The van der Waals surface area contributed by atoms with Gasteiger partial charge in [0, 0.05) is 0 Å². The summed E-state index contributed by atoms with van der Waals surface area (Å²) < 4.78 is 12.2. The highest BCUT2D eigenvalue weighted by atomic mass is 16.7. The van der Waals surface area contributed by atoms with E-state index in [0.29, 0.717) is 23.2 Å². The Labute approximate surface area is 157 Å². The zero-order chi connectivity index (χ0) is 19.0. The lowest BCUT2D eigenvalue weighted by atomic mass is 9.74. The highest BCUT2D eigenvalue weighted by Crippen LogP contribution is 2.71. The average Bonchev–Trinajstić information content (AvgIpc) is 2.95. The maximum absolute atomic E-state index is 10.4. The van der Waals surface area contributed by atoms with E-state index in [1.807, 2.05) is 0 Å². The van der Waals surface area contributed by atoms with Gasteiger partial charge >= 0.3 is 0 Å². The van der Waals surface area contributed by atoms with Crippen LogP contribution in [0.25, 0.3) is 0 Å². The van der Waals surface area contributed by atoms with Crippen LogP contribution >= 0.6 is 0 Å². The van der Waals surface area contributed by atoms with Crippen molar-refractivity contribution < 1.29 is 24.8 Å². The average molecular weight is 369 g/mol. The number of rotatable bonds is 2. The molecule has 0 aromatic rings. The third-order valence-electron chi connectivity index (χ3n) is 8.54. The highest BCUT2D eigenvalue weighted by Gasteiger charge is 2.67. The lowest BCUT2D eigenvalue weighted by Gasteiger charge is -2.46. The first-order valence-corrected chi connectivity index (χ1v) is 10.5. The predicted molar refractivity (Wildman–Crippen MR) is 97.2 cm³/mol. The number of aliphatic hydroxyl groups excluding tert-OH is 3. The largest absolute Gasteiger partial charge is 0.388 e. The Bertz CT molecular complexity index is 551. The quantitative estimate of drug-likeness (QED) is 0.697. The minimum Gasteiger partial charge on any atom is -0.388 e. The lowest BCUT2D eigenvalue weighted by molar-refractivity contribution is -0.327. The van der Waals surface area contributed by atoms with Crippen LogP contribution in [0.2, 0.25) is 0 Å². The molecule has 5 unspecified atom stereocenters. The first-order valence-electron chi connectivity index (χ1n) is 10.5. The molecule has 3 saturated carbocycles. The van der Waals surface area contributed by atoms with Gasteiger partial charge in [0.25, 0.3) is 0 Å². The van der Waals surface area contributed by atoms with Gasteiger partial charge in [-0.1, -0.05) is 27.2 Å². The molecular formula is C21H36O5. The van der Waals surface area contributed by atoms with E-state index in [9.17, 15) is 15.3 Å². The Kier molecular flexibility index (Phi) is 4.52. The van der Waals surface area contributed by atoms with Crippen LogP contribution in [0.5, 0.6) is 0 Å². The van der Waals surface area contributed by atoms with Gasteiger partial charge in [-0.25, -0.2) is 0 Å². The van der Waals surface area contributed by atoms with Crippen molar-refractivity contribution in [1.29, 1.82) is 0 Å². The number of fused-ring (bicyclic) bond motifs is 3. The maximum Gasteiger partial charge on any atom is 0.187 e. The summed E-state index contributed by atoms with van der Waals surface area (Å²) in [6.45, 7) is 11.1. The third-order valence-corrected chi connectivity index (χ3v) is 8.54. The van der Waals surface area contributed by atoms with Crippen molar-refractivity contribution in [2.45, 2.75) is 96.6 Å². The van der Waals surface area contributed by atoms with Gasteiger partial charge in [0.2, 0.25) is 0 Å². The van der Waals surface area contributed by atoms with E-state index < -0.39 is 30.7 Å². The van der Waals surface area contributed by atoms with Gasteiger partial charge in [0.15, 0.2) is 6.29 Å². The topological polar surface area (TPSA) is 79.2 Å². The molecule has 11 atom stereocenters. The Balaban J connectivity index is 1.56. The van der Waals surface area contributed by atoms with E-state index in [1.54, 1.807) is 6.92 Å². The normalized spacial score (nSPS) is 58.6. The smallest absolute Gasteiger partial charge is 0.187 e. The molecule has 1 heterocycles. The van der Waals surface area contributed by atoms with Gasteiger partial charge in [-0.05, 0) is 68.1 Å². The van der Waals surface area contributed by atoms with Crippen molar-refractivity contribution >= 4 is 0 Å². The fourth-order valence-corrected chi connectivity index (χ4v) is 6.79. The van der Waals surface area contributed by atoms with E-state index in [0.717, 1.165) is 31.1 Å². The molecule has 1 aliphatic heterocycles. The zero-order valence-electron chi connectivity index (χ0n) is 16.8. The molecule has 4 rings (SSSR count). The van der Waals surface area contributed by atoms with Gasteiger partial charge in [-0.3, -0.25) is 0 Å². The number of aliphatic hydroxyl groups is 3. The minimum atomic E-state index is -1.23. The van der Waals surface area contributed by atoms with Crippen LogP contribution in [0.1, 0.15) is 60.3 Å². The summed E-state index contributed by atoms with van der Waals surface area (Å²) >= 11 is 0. The molecular weight excluding hydrogens is 332 g/mol. The molecule has 150 valence electrons. The standard InChI is InChI=1S/C21H36O5/c1-10-6-7-12-14(10)15-13(20(15,3)4)8-9-21(12,5)26-19-18(24)17(23)16(22)11(2)25-19/h10-19,22-24H,6-9H2,1-5H3/t10?,11-,12?,13?,14?,15?,16+,17+,18-,19+,21-/m1/s1. The van der Waals surface area contributed by atoms with Gasteiger partial charge in [-0.2, -0.15) is 0 Å².